The highest BCUT2D eigenvalue weighted by molar-refractivity contribution is 6.01. The van der Waals surface area contributed by atoms with Gasteiger partial charge in [0.1, 0.15) is 11.3 Å². The summed E-state index contributed by atoms with van der Waals surface area (Å²) < 4.78 is 4.96. The van der Waals surface area contributed by atoms with Gasteiger partial charge in [0, 0.05) is 17.1 Å². The Morgan fingerprint density at radius 1 is 1.29 bits per heavy atom. The first-order valence-electron chi connectivity index (χ1n) is 6.19. The summed E-state index contributed by atoms with van der Waals surface area (Å²) in [6.45, 7) is 0. The van der Waals surface area contributed by atoms with Gasteiger partial charge in [-0.15, -0.1) is 0 Å². The van der Waals surface area contributed by atoms with Gasteiger partial charge in [0.25, 0.3) is 0 Å². The minimum Gasteiger partial charge on any atom is -0.506 e. The molecule has 0 aliphatic heterocycles. The summed E-state index contributed by atoms with van der Waals surface area (Å²) >= 11 is 0. The van der Waals surface area contributed by atoms with Crippen LogP contribution >= 0.6 is 0 Å². The second-order valence-electron chi connectivity index (χ2n) is 4.25. The van der Waals surface area contributed by atoms with Gasteiger partial charge < -0.3 is 9.52 Å². The SMILES string of the molecule is O=C(N/N=C/c1ccc(O)c2ncccc12)c1ccco1. The number of benzene rings is 1. The Kier molecular flexibility index (Phi) is 3.34. The Balaban J connectivity index is 1.84. The molecule has 0 unspecified atom stereocenters. The predicted molar refractivity (Wildman–Crippen MR) is 77.2 cm³/mol. The molecule has 3 aromatic rings. The van der Waals surface area contributed by atoms with E-state index in [9.17, 15) is 9.90 Å². The Morgan fingerprint density at radius 2 is 2.19 bits per heavy atom. The number of amides is 1. The van der Waals surface area contributed by atoms with Crippen molar-refractivity contribution in [1.82, 2.24) is 10.4 Å². The molecule has 2 aromatic heterocycles. The van der Waals surface area contributed by atoms with E-state index in [2.05, 4.69) is 15.5 Å². The Bertz CT molecular complexity index is 810. The van der Waals surface area contributed by atoms with Crippen LogP contribution in [0.15, 0.2) is 58.4 Å². The third-order valence-corrected chi connectivity index (χ3v) is 2.90. The molecule has 2 N–H and O–H groups in total. The standard InChI is InChI=1S/C15H11N3O3/c19-12-6-5-10(11-3-1-7-16-14(11)12)9-17-18-15(20)13-4-2-8-21-13/h1-9,19H,(H,18,20)/b17-9+. The highest BCUT2D eigenvalue weighted by Gasteiger charge is 2.07. The molecule has 6 nitrogen and oxygen atoms in total. The van der Waals surface area contributed by atoms with Crippen LogP contribution in [0.2, 0.25) is 0 Å². The Morgan fingerprint density at radius 3 is 3.00 bits per heavy atom. The van der Waals surface area contributed by atoms with E-state index in [0.29, 0.717) is 5.52 Å². The molecule has 1 aromatic carbocycles. The van der Waals surface area contributed by atoms with Gasteiger partial charge in [-0.05, 0) is 30.3 Å². The molecule has 6 heteroatoms. The fourth-order valence-electron chi connectivity index (χ4n) is 1.92. The minimum atomic E-state index is -0.433. The van der Waals surface area contributed by atoms with Crippen LogP contribution in [0, 0.1) is 0 Å². The third kappa shape index (κ3) is 2.59. The van der Waals surface area contributed by atoms with Crippen molar-refractivity contribution < 1.29 is 14.3 Å². The van der Waals surface area contributed by atoms with Crippen LogP contribution in [0.5, 0.6) is 5.75 Å². The van der Waals surface area contributed by atoms with Gasteiger partial charge in [0.15, 0.2) is 5.76 Å². The summed E-state index contributed by atoms with van der Waals surface area (Å²) in [5.41, 5.74) is 3.58. The summed E-state index contributed by atoms with van der Waals surface area (Å²) in [5, 5.41) is 14.4. The molecule has 0 bridgehead atoms. The number of phenols is 1. The number of pyridine rings is 1. The molecule has 0 saturated heterocycles. The zero-order chi connectivity index (χ0) is 14.7. The number of hydrogen-bond acceptors (Lipinski definition) is 5. The van der Waals surface area contributed by atoms with Crippen molar-refractivity contribution in [2.45, 2.75) is 0 Å². The molecular formula is C15H11N3O3. The maximum absolute atomic E-state index is 11.6. The topological polar surface area (TPSA) is 87.7 Å². The summed E-state index contributed by atoms with van der Waals surface area (Å²) in [6.07, 6.45) is 4.50. The van der Waals surface area contributed by atoms with E-state index in [1.165, 1.54) is 18.5 Å². The van der Waals surface area contributed by atoms with Crippen LogP contribution in [-0.2, 0) is 0 Å². The average Bonchev–Trinajstić information content (AvgIpc) is 3.04. The number of hydrazone groups is 1. The Hall–Kier alpha value is -3.15. The molecule has 0 radical (unpaired) electrons. The van der Waals surface area contributed by atoms with Crippen molar-refractivity contribution in [3.8, 4) is 5.75 Å². The maximum Gasteiger partial charge on any atom is 0.307 e. The molecule has 104 valence electrons. The van der Waals surface area contributed by atoms with E-state index in [1.54, 1.807) is 30.5 Å². The first-order valence-corrected chi connectivity index (χ1v) is 6.19. The number of nitrogens with zero attached hydrogens (tertiary/aromatic N) is 2. The number of hydrogen-bond donors (Lipinski definition) is 2. The van der Waals surface area contributed by atoms with Crippen LogP contribution in [0.1, 0.15) is 16.1 Å². The van der Waals surface area contributed by atoms with E-state index in [1.807, 2.05) is 6.07 Å². The van der Waals surface area contributed by atoms with Crippen LogP contribution < -0.4 is 5.43 Å². The number of furan rings is 1. The normalized spacial score (nSPS) is 11.0. The number of phenolic OH excluding ortho intramolecular Hbond substituents is 1. The second-order valence-corrected chi connectivity index (χ2v) is 4.25. The zero-order valence-electron chi connectivity index (χ0n) is 10.9. The first kappa shape index (κ1) is 12.9. The lowest BCUT2D eigenvalue weighted by molar-refractivity contribution is 0.0927. The van der Waals surface area contributed by atoms with E-state index in [0.717, 1.165) is 10.9 Å². The van der Waals surface area contributed by atoms with Crippen molar-refractivity contribution in [2.24, 2.45) is 5.10 Å². The van der Waals surface area contributed by atoms with Gasteiger partial charge in [0.05, 0.1) is 12.5 Å². The monoisotopic (exact) mass is 281 g/mol. The molecule has 0 aliphatic rings. The molecule has 0 spiro atoms. The largest absolute Gasteiger partial charge is 0.506 e. The smallest absolute Gasteiger partial charge is 0.307 e. The highest BCUT2D eigenvalue weighted by Crippen LogP contribution is 2.24. The van der Waals surface area contributed by atoms with Crippen molar-refractivity contribution in [3.05, 3.63) is 60.2 Å². The van der Waals surface area contributed by atoms with Gasteiger partial charge in [0.2, 0.25) is 0 Å². The zero-order valence-corrected chi connectivity index (χ0v) is 10.9. The number of aromatic hydroxyl groups is 1. The average molecular weight is 281 g/mol. The highest BCUT2D eigenvalue weighted by atomic mass is 16.3. The molecule has 0 atom stereocenters. The number of aromatic nitrogens is 1. The minimum absolute atomic E-state index is 0.0994. The summed E-state index contributed by atoms with van der Waals surface area (Å²) in [6, 6.07) is 9.98. The summed E-state index contributed by atoms with van der Waals surface area (Å²) in [7, 11) is 0. The van der Waals surface area contributed by atoms with E-state index >= 15 is 0 Å². The Labute approximate surface area is 119 Å². The van der Waals surface area contributed by atoms with Crippen molar-refractivity contribution >= 4 is 23.0 Å². The first-order chi connectivity index (χ1) is 10.3. The van der Waals surface area contributed by atoms with Crippen molar-refractivity contribution in [1.29, 1.82) is 0 Å². The lowest BCUT2D eigenvalue weighted by Crippen LogP contribution is -2.16. The molecule has 0 saturated carbocycles. The number of nitrogens with one attached hydrogen (secondary N) is 1. The molecule has 2 heterocycles. The van der Waals surface area contributed by atoms with Gasteiger partial charge in [-0.1, -0.05) is 6.07 Å². The van der Waals surface area contributed by atoms with Gasteiger partial charge in [-0.3, -0.25) is 9.78 Å². The van der Waals surface area contributed by atoms with E-state index in [4.69, 9.17) is 4.42 Å². The molecule has 21 heavy (non-hydrogen) atoms. The van der Waals surface area contributed by atoms with E-state index < -0.39 is 5.91 Å². The summed E-state index contributed by atoms with van der Waals surface area (Å²) in [5.74, 6) is -0.149. The molecule has 0 fully saturated rings. The maximum atomic E-state index is 11.6. The molecular weight excluding hydrogens is 270 g/mol. The summed E-state index contributed by atoms with van der Waals surface area (Å²) in [4.78, 5) is 15.8. The fraction of sp³-hybridized carbons (Fsp3) is 0. The van der Waals surface area contributed by atoms with Crippen LogP contribution in [-0.4, -0.2) is 22.2 Å². The molecule has 3 rings (SSSR count). The van der Waals surface area contributed by atoms with Gasteiger partial charge >= 0.3 is 5.91 Å². The van der Waals surface area contributed by atoms with Gasteiger partial charge in [-0.25, -0.2) is 5.43 Å². The molecule has 1 amide bonds. The quantitative estimate of drug-likeness (QED) is 0.569. The second kappa shape index (κ2) is 5.46. The number of carbonyl (C=O) groups is 1. The van der Waals surface area contributed by atoms with Crippen LogP contribution in [0.25, 0.3) is 10.9 Å². The lowest BCUT2D eigenvalue weighted by atomic mass is 10.1. The lowest BCUT2D eigenvalue weighted by Gasteiger charge is -2.03. The number of carbonyl (C=O) groups excluding carboxylic acids is 1. The fourth-order valence-corrected chi connectivity index (χ4v) is 1.92. The van der Waals surface area contributed by atoms with Crippen LogP contribution in [0.4, 0.5) is 0 Å². The van der Waals surface area contributed by atoms with Crippen LogP contribution in [0.3, 0.4) is 0 Å². The van der Waals surface area contributed by atoms with Crippen molar-refractivity contribution in [2.75, 3.05) is 0 Å². The number of rotatable bonds is 3. The van der Waals surface area contributed by atoms with Crippen molar-refractivity contribution in [3.63, 3.8) is 0 Å². The third-order valence-electron chi connectivity index (χ3n) is 2.90. The molecule has 0 aliphatic carbocycles. The van der Waals surface area contributed by atoms with Gasteiger partial charge in [-0.2, -0.15) is 5.10 Å². The van der Waals surface area contributed by atoms with E-state index in [-0.39, 0.29) is 11.5 Å². The number of fused-ring (bicyclic) bond motifs is 1. The predicted octanol–water partition coefficient (Wildman–Crippen LogP) is 2.30.